The molecule has 4 N–H and O–H groups in total. The van der Waals surface area contributed by atoms with Gasteiger partial charge in [-0.2, -0.15) is 5.10 Å². The first kappa shape index (κ1) is 9.53. The fourth-order valence-electron chi connectivity index (χ4n) is 0.986. The summed E-state index contributed by atoms with van der Waals surface area (Å²) >= 11 is 0. The molecule has 0 spiro atoms. The van der Waals surface area contributed by atoms with E-state index in [4.69, 9.17) is 10.8 Å². The van der Waals surface area contributed by atoms with Crippen LogP contribution in [0.2, 0.25) is 0 Å². The van der Waals surface area contributed by atoms with E-state index in [9.17, 15) is 4.79 Å². The molecule has 6 nitrogen and oxygen atoms in total. The Hall–Kier alpha value is -1.56. The highest BCUT2D eigenvalue weighted by Gasteiger charge is 2.13. The number of rotatable bonds is 3. The largest absolute Gasteiger partial charge is 0.396 e. The normalized spacial score (nSPS) is 10.0. The summed E-state index contributed by atoms with van der Waals surface area (Å²) in [6, 6.07) is 0. The summed E-state index contributed by atoms with van der Waals surface area (Å²) in [6.45, 7) is 0.118. The number of aryl methyl sites for hydroxylation is 1. The van der Waals surface area contributed by atoms with E-state index in [2.05, 4.69) is 10.4 Å². The summed E-state index contributed by atoms with van der Waals surface area (Å²) in [5.74, 6) is -0.327. The van der Waals surface area contributed by atoms with E-state index in [-0.39, 0.29) is 19.1 Å². The monoisotopic (exact) mass is 184 g/mol. The maximum Gasteiger partial charge on any atom is 0.271 e. The molecule has 1 amide bonds. The van der Waals surface area contributed by atoms with Crippen molar-refractivity contribution < 1.29 is 9.90 Å². The second-order valence-corrected chi connectivity index (χ2v) is 2.55. The average molecular weight is 184 g/mol. The van der Waals surface area contributed by atoms with Crippen LogP contribution in [0.25, 0.3) is 0 Å². The molecule has 6 heteroatoms. The predicted octanol–water partition coefficient (Wildman–Crippen LogP) is -1.28. The Morgan fingerprint density at radius 2 is 2.54 bits per heavy atom. The summed E-state index contributed by atoms with van der Waals surface area (Å²) in [7, 11) is 1.63. The molecule has 0 saturated carbocycles. The van der Waals surface area contributed by atoms with Gasteiger partial charge in [0.05, 0.1) is 18.5 Å². The van der Waals surface area contributed by atoms with Crippen molar-refractivity contribution in [3.63, 3.8) is 0 Å². The maximum absolute atomic E-state index is 11.3. The van der Waals surface area contributed by atoms with Crippen LogP contribution in [0.15, 0.2) is 6.20 Å². The lowest BCUT2D eigenvalue weighted by Gasteiger charge is -2.03. The number of aliphatic hydroxyl groups is 1. The van der Waals surface area contributed by atoms with Crippen LogP contribution < -0.4 is 11.1 Å². The van der Waals surface area contributed by atoms with E-state index in [0.717, 1.165) is 0 Å². The summed E-state index contributed by atoms with van der Waals surface area (Å²) in [6.07, 6.45) is 1.41. The minimum Gasteiger partial charge on any atom is -0.396 e. The molecule has 0 fully saturated rings. The quantitative estimate of drug-likeness (QED) is 0.545. The van der Waals surface area contributed by atoms with Crippen molar-refractivity contribution in [3.8, 4) is 0 Å². The summed E-state index contributed by atoms with van der Waals surface area (Å²) < 4.78 is 1.39. The van der Waals surface area contributed by atoms with Gasteiger partial charge in [0.15, 0.2) is 0 Å². The lowest BCUT2D eigenvalue weighted by Crippen LogP contribution is -2.28. The third-order valence-corrected chi connectivity index (χ3v) is 1.58. The van der Waals surface area contributed by atoms with Gasteiger partial charge < -0.3 is 16.2 Å². The number of carbonyl (C=O) groups excluding carboxylic acids is 1. The first-order chi connectivity index (χ1) is 6.16. The molecule has 13 heavy (non-hydrogen) atoms. The van der Waals surface area contributed by atoms with Gasteiger partial charge in [-0.25, -0.2) is 0 Å². The van der Waals surface area contributed by atoms with Crippen molar-refractivity contribution >= 4 is 11.6 Å². The fraction of sp³-hybridized carbons (Fsp3) is 0.429. The van der Waals surface area contributed by atoms with E-state index in [1.54, 1.807) is 7.05 Å². The average Bonchev–Trinajstić information content (AvgIpc) is 2.42. The van der Waals surface area contributed by atoms with Gasteiger partial charge in [0.2, 0.25) is 0 Å². The van der Waals surface area contributed by atoms with Crippen LogP contribution in [0, 0.1) is 0 Å². The van der Waals surface area contributed by atoms with Crippen LogP contribution >= 0.6 is 0 Å². The molecular formula is C7H12N4O2. The Labute approximate surface area is 75.3 Å². The number of hydrogen-bond donors (Lipinski definition) is 3. The van der Waals surface area contributed by atoms with Crippen molar-refractivity contribution in [1.82, 2.24) is 15.1 Å². The summed E-state index contributed by atoms with van der Waals surface area (Å²) in [4.78, 5) is 11.3. The molecular weight excluding hydrogens is 172 g/mol. The topological polar surface area (TPSA) is 93.2 Å². The lowest BCUT2D eigenvalue weighted by molar-refractivity contribution is 0.0936. The van der Waals surface area contributed by atoms with Crippen LogP contribution in [-0.4, -0.2) is 33.9 Å². The third-order valence-electron chi connectivity index (χ3n) is 1.58. The van der Waals surface area contributed by atoms with Gasteiger partial charge in [0.25, 0.3) is 5.91 Å². The molecule has 0 unspecified atom stereocenters. The van der Waals surface area contributed by atoms with Crippen LogP contribution in [0.5, 0.6) is 0 Å². The minimum atomic E-state index is -0.327. The number of aliphatic hydroxyl groups excluding tert-OH is 1. The third kappa shape index (κ3) is 1.97. The fourth-order valence-corrected chi connectivity index (χ4v) is 0.986. The SMILES string of the molecule is Cn1ncc(N)c1C(=O)NCCO. The number of nitrogens with zero attached hydrogens (tertiary/aromatic N) is 2. The van der Waals surface area contributed by atoms with Crippen LogP contribution in [0.4, 0.5) is 5.69 Å². The van der Waals surface area contributed by atoms with E-state index in [0.29, 0.717) is 11.4 Å². The molecule has 0 aliphatic rings. The standard InChI is InChI=1S/C7H12N4O2/c1-11-6(5(8)4-10-11)7(13)9-2-3-12/h4,12H,2-3,8H2,1H3,(H,9,13). The molecule has 1 aromatic rings. The second kappa shape index (κ2) is 3.90. The van der Waals surface area contributed by atoms with E-state index < -0.39 is 0 Å². The molecule has 1 rings (SSSR count). The van der Waals surface area contributed by atoms with Crippen molar-refractivity contribution in [2.24, 2.45) is 7.05 Å². The Balaban J connectivity index is 2.76. The number of hydrogen-bond acceptors (Lipinski definition) is 4. The number of aromatic nitrogens is 2. The molecule has 72 valence electrons. The zero-order chi connectivity index (χ0) is 9.84. The highest BCUT2D eigenvalue weighted by Crippen LogP contribution is 2.07. The minimum absolute atomic E-state index is 0.0938. The molecule has 0 saturated heterocycles. The zero-order valence-corrected chi connectivity index (χ0v) is 7.32. The van der Waals surface area contributed by atoms with Gasteiger partial charge >= 0.3 is 0 Å². The van der Waals surface area contributed by atoms with E-state index in [1.165, 1.54) is 10.9 Å². The number of nitrogens with one attached hydrogen (secondary N) is 1. The highest BCUT2D eigenvalue weighted by atomic mass is 16.3. The van der Waals surface area contributed by atoms with Gasteiger partial charge in [0, 0.05) is 13.6 Å². The highest BCUT2D eigenvalue weighted by molar-refractivity contribution is 5.97. The summed E-state index contributed by atoms with van der Waals surface area (Å²) in [5.41, 5.74) is 6.15. The molecule has 1 heterocycles. The number of amides is 1. The van der Waals surface area contributed by atoms with Crippen LogP contribution in [-0.2, 0) is 7.05 Å². The number of anilines is 1. The molecule has 0 aliphatic heterocycles. The maximum atomic E-state index is 11.3. The Morgan fingerprint density at radius 3 is 3.00 bits per heavy atom. The first-order valence-electron chi connectivity index (χ1n) is 3.83. The molecule has 1 aromatic heterocycles. The van der Waals surface area contributed by atoms with Gasteiger partial charge in [-0.3, -0.25) is 9.48 Å². The smallest absolute Gasteiger partial charge is 0.271 e. The molecule has 0 bridgehead atoms. The molecule has 0 aliphatic carbocycles. The van der Waals surface area contributed by atoms with Crippen LogP contribution in [0.1, 0.15) is 10.5 Å². The second-order valence-electron chi connectivity index (χ2n) is 2.55. The number of carbonyl (C=O) groups is 1. The van der Waals surface area contributed by atoms with Crippen molar-refractivity contribution in [2.45, 2.75) is 0 Å². The van der Waals surface area contributed by atoms with Gasteiger partial charge in [0.1, 0.15) is 5.69 Å². The van der Waals surface area contributed by atoms with E-state index in [1.807, 2.05) is 0 Å². The van der Waals surface area contributed by atoms with Crippen LogP contribution in [0.3, 0.4) is 0 Å². The Kier molecular flexibility index (Phi) is 2.86. The molecule has 0 aromatic carbocycles. The van der Waals surface area contributed by atoms with Crippen molar-refractivity contribution in [2.75, 3.05) is 18.9 Å². The molecule has 0 atom stereocenters. The van der Waals surface area contributed by atoms with Gasteiger partial charge in [-0.15, -0.1) is 0 Å². The van der Waals surface area contributed by atoms with Gasteiger partial charge in [-0.05, 0) is 0 Å². The Morgan fingerprint density at radius 1 is 1.85 bits per heavy atom. The van der Waals surface area contributed by atoms with Crippen molar-refractivity contribution in [1.29, 1.82) is 0 Å². The lowest BCUT2D eigenvalue weighted by atomic mass is 10.3. The number of nitrogens with two attached hydrogens (primary N) is 1. The Bertz CT molecular complexity index is 288. The van der Waals surface area contributed by atoms with Gasteiger partial charge in [-0.1, -0.05) is 0 Å². The summed E-state index contributed by atoms with van der Waals surface area (Å²) in [5, 5.41) is 14.8. The first-order valence-corrected chi connectivity index (χ1v) is 3.83. The number of nitrogen functional groups attached to an aromatic ring is 1. The molecule has 0 radical (unpaired) electrons. The predicted molar refractivity (Wildman–Crippen MR) is 47.0 cm³/mol. The van der Waals surface area contributed by atoms with Crippen molar-refractivity contribution in [3.05, 3.63) is 11.9 Å². The zero-order valence-electron chi connectivity index (χ0n) is 7.32. The van der Waals surface area contributed by atoms with E-state index >= 15 is 0 Å².